The molecule has 2 aliphatic rings. The van der Waals surface area contributed by atoms with Crippen LogP contribution < -0.4 is 5.32 Å². The molecule has 0 aromatic heterocycles. The molecule has 3 rings (SSSR count). The van der Waals surface area contributed by atoms with E-state index in [9.17, 15) is 19.1 Å². The van der Waals surface area contributed by atoms with Crippen molar-refractivity contribution in [2.75, 3.05) is 45.8 Å². The summed E-state index contributed by atoms with van der Waals surface area (Å²) in [4.78, 5) is 30.4. The Morgan fingerprint density at radius 3 is 2.41 bits per heavy atom. The third-order valence-electron chi connectivity index (χ3n) is 5.29. The Morgan fingerprint density at radius 1 is 1.11 bits per heavy atom. The lowest BCUT2D eigenvalue weighted by molar-refractivity contribution is -0.131. The predicted octanol–water partition coefficient (Wildman–Crippen LogP) is 1.54. The molecule has 2 saturated heterocycles. The number of nitrogens with zero attached hydrogens (tertiary/aromatic N) is 3. The van der Waals surface area contributed by atoms with E-state index in [-0.39, 0.29) is 18.0 Å². The molecule has 0 spiro atoms. The Labute approximate surface area is 158 Å². The van der Waals surface area contributed by atoms with Gasteiger partial charge in [0.2, 0.25) is 5.91 Å². The lowest BCUT2D eigenvalue weighted by Crippen LogP contribution is -2.53. The first-order valence-corrected chi connectivity index (χ1v) is 9.48. The molecule has 0 unspecified atom stereocenters. The molecule has 1 aromatic carbocycles. The standard InChI is InChI=1S/C19H27FN4O3/c1-14(15-4-5-17(25)16(20)12-15)21-19(27)24-10-8-22(9-11-24)13-18(26)23-6-2-3-7-23/h4-5,12,14,25H,2-3,6-11,13H2,1H3,(H,21,27)/t14-/m1/s1. The number of likely N-dealkylation sites (tertiary alicyclic amines) is 1. The van der Waals surface area contributed by atoms with Gasteiger partial charge in [0.15, 0.2) is 11.6 Å². The van der Waals surface area contributed by atoms with Crippen molar-refractivity contribution in [2.24, 2.45) is 0 Å². The van der Waals surface area contributed by atoms with Gasteiger partial charge in [0.25, 0.3) is 0 Å². The SMILES string of the molecule is C[C@@H](NC(=O)N1CCN(CC(=O)N2CCCC2)CC1)c1ccc(O)c(F)c1. The van der Waals surface area contributed by atoms with Gasteiger partial charge in [0.05, 0.1) is 12.6 Å². The van der Waals surface area contributed by atoms with Crippen molar-refractivity contribution in [2.45, 2.75) is 25.8 Å². The second-order valence-corrected chi connectivity index (χ2v) is 7.23. The van der Waals surface area contributed by atoms with Crippen molar-refractivity contribution in [1.82, 2.24) is 20.0 Å². The summed E-state index contributed by atoms with van der Waals surface area (Å²) in [5.41, 5.74) is 0.591. The number of urea groups is 1. The fourth-order valence-corrected chi connectivity index (χ4v) is 3.52. The van der Waals surface area contributed by atoms with Gasteiger partial charge in [-0.15, -0.1) is 0 Å². The van der Waals surface area contributed by atoms with Crippen LogP contribution in [0.15, 0.2) is 18.2 Å². The molecule has 3 amide bonds. The Morgan fingerprint density at radius 2 is 1.78 bits per heavy atom. The number of hydrogen-bond donors (Lipinski definition) is 2. The van der Waals surface area contributed by atoms with E-state index in [1.807, 2.05) is 4.90 Å². The number of carbonyl (C=O) groups is 2. The molecule has 7 nitrogen and oxygen atoms in total. The zero-order valence-corrected chi connectivity index (χ0v) is 15.7. The van der Waals surface area contributed by atoms with Gasteiger partial charge in [0, 0.05) is 39.3 Å². The number of benzene rings is 1. The van der Waals surface area contributed by atoms with E-state index in [0.717, 1.165) is 25.9 Å². The fourth-order valence-electron chi connectivity index (χ4n) is 3.52. The minimum absolute atomic E-state index is 0.174. The highest BCUT2D eigenvalue weighted by Gasteiger charge is 2.26. The first-order chi connectivity index (χ1) is 12.9. The van der Waals surface area contributed by atoms with Crippen LogP contribution in [0.3, 0.4) is 0 Å². The van der Waals surface area contributed by atoms with Gasteiger partial charge in [-0.1, -0.05) is 6.07 Å². The molecule has 8 heteroatoms. The van der Waals surface area contributed by atoms with Gasteiger partial charge in [-0.2, -0.15) is 0 Å². The van der Waals surface area contributed by atoms with E-state index in [2.05, 4.69) is 10.2 Å². The molecule has 0 aliphatic carbocycles. The summed E-state index contributed by atoms with van der Waals surface area (Å²) in [5.74, 6) is -0.935. The molecule has 0 radical (unpaired) electrons. The summed E-state index contributed by atoms with van der Waals surface area (Å²) < 4.78 is 13.5. The Bertz CT molecular complexity index is 686. The van der Waals surface area contributed by atoms with Crippen LogP contribution in [0.2, 0.25) is 0 Å². The maximum atomic E-state index is 13.5. The van der Waals surface area contributed by atoms with Crippen molar-refractivity contribution >= 4 is 11.9 Å². The summed E-state index contributed by atoms with van der Waals surface area (Å²) >= 11 is 0. The molecular formula is C19H27FN4O3. The minimum Gasteiger partial charge on any atom is -0.505 e. The maximum Gasteiger partial charge on any atom is 0.317 e. The number of phenolic OH excluding ortho intramolecular Hbond substituents is 1. The molecule has 27 heavy (non-hydrogen) atoms. The van der Waals surface area contributed by atoms with Gasteiger partial charge in [0.1, 0.15) is 0 Å². The lowest BCUT2D eigenvalue weighted by atomic mass is 10.1. The van der Waals surface area contributed by atoms with Crippen LogP contribution in [-0.2, 0) is 4.79 Å². The first kappa shape index (κ1) is 19.4. The van der Waals surface area contributed by atoms with Crippen molar-refractivity contribution < 1.29 is 19.1 Å². The molecule has 1 atom stereocenters. The molecule has 2 heterocycles. The average molecular weight is 378 g/mol. The van der Waals surface area contributed by atoms with E-state index in [1.165, 1.54) is 12.1 Å². The van der Waals surface area contributed by atoms with Crippen molar-refractivity contribution in [1.29, 1.82) is 0 Å². The fraction of sp³-hybridized carbons (Fsp3) is 0.579. The van der Waals surface area contributed by atoms with Crippen molar-refractivity contribution in [3.8, 4) is 5.75 Å². The van der Waals surface area contributed by atoms with Crippen LogP contribution >= 0.6 is 0 Å². The summed E-state index contributed by atoms with van der Waals surface area (Å²) in [6.07, 6.45) is 2.17. The zero-order valence-electron chi connectivity index (χ0n) is 15.7. The smallest absolute Gasteiger partial charge is 0.317 e. The van der Waals surface area contributed by atoms with Crippen LogP contribution in [0.4, 0.5) is 9.18 Å². The second kappa shape index (κ2) is 8.56. The third kappa shape index (κ3) is 4.88. The molecule has 2 aliphatic heterocycles. The van der Waals surface area contributed by atoms with Gasteiger partial charge < -0.3 is 20.2 Å². The number of carbonyl (C=O) groups excluding carboxylic acids is 2. The minimum atomic E-state index is -0.704. The van der Waals surface area contributed by atoms with Gasteiger partial charge in [-0.25, -0.2) is 9.18 Å². The average Bonchev–Trinajstić information content (AvgIpc) is 3.19. The summed E-state index contributed by atoms with van der Waals surface area (Å²) in [6, 6.07) is 3.51. The highest BCUT2D eigenvalue weighted by Crippen LogP contribution is 2.21. The number of piperazine rings is 1. The Balaban J connectivity index is 1.45. The van der Waals surface area contributed by atoms with E-state index in [4.69, 9.17) is 0 Å². The molecular weight excluding hydrogens is 351 g/mol. The summed E-state index contributed by atoms with van der Waals surface area (Å²) in [7, 11) is 0. The van der Waals surface area contributed by atoms with Crippen LogP contribution in [0.5, 0.6) is 5.75 Å². The van der Waals surface area contributed by atoms with Crippen LogP contribution in [0, 0.1) is 5.82 Å². The molecule has 0 saturated carbocycles. The number of nitrogens with one attached hydrogen (secondary N) is 1. The number of rotatable bonds is 4. The normalized spacial score (nSPS) is 19.2. The molecule has 0 bridgehead atoms. The van der Waals surface area contributed by atoms with E-state index >= 15 is 0 Å². The van der Waals surface area contributed by atoms with Crippen molar-refractivity contribution in [3.63, 3.8) is 0 Å². The summed E-state index contributed by atoms with van der Waals surface area (Å²) in [5, 5.41) is 12.1. The van der Waals surface area contributed by atoms with Gasteiger partial charge in [-0.3, -0.25) is 9.69 Å². The number of aromatic hydroxyl groups is 1. The number of halogens is 1. The Hall–Kier alpha value is -2.35. The quantitative estimate of drug-likeness (QED) is 0.833. The van der Waals surface area contributed by atoms with Crippen molar-refractivity contribution in [3.05, 3.63) is 29.6 Å². The maximum absolute atomic E-state index is 13.5. The zero-order chi connectivity index (χ0) is 19.4. The second-order valence-electron chi connectivity index (χ2n) is 7.23. The number of hydrogen-bond acceptors (Lipinski definition) is 4. The van der Waals surface area contributed by atoms with Gasteiger partial charge in [-0.05, 0) is 37.5 Å². The lowest BCUT2D eigenvalue weighted by Gasteiger charge is -2.35. The van der Waals surface area contributed by atoms with E-state index in [1.54, 1.807) is 17.9 Å². The third-order valence-corrected chi connectivity index (χ3v) is 5.29. The first-order valence-electron chi connectivity index (χ1n) is 9.48. The summed E-state index contributed by atoms with van der Waals surface area (Å²) in [6.45, 7) is 6.33. The molecule has 1 aromatic rings. The van der Waals surface area contributed by atoms with Gasteiger partial charge >= 0.3 is 6.03 Å². The van der Waals surface area contributed by atoms with Crippen LogP contribution in [-0.4, -0.2) is 77.6 Å². The van der Waals surface area contributed by atoms with Crippen LogP contribution in [0.1, 0.15) is 31.4 Å². The Kier molecular flexibility index (Phi) is 6.15. The number of phenols is 1. The van der Waals surface area contributed by atoms with Crippen LogP contribution in [0.25, 0.3) is 0 Å². The highest BCUT2D eigenvalue weighted by atomic mass is 19.1. The molecule has 2 fully saturated rings. The molecule has 148 valence electrons. The van der Waals surface area contributed by atoms with E-state index < -0.39 is 11.6 Å². The number of amides is 3. The highest BCUT2D eigenvalue weighted by molar-refractivity contribution is 5.78. The topological polar surface area (TPSA) is 76.1 Å². The monoisotopic (exact) mass is 378 g/mol. The van der Waals surface area contributed by atoms with E-state index in [0.29, 0.717) is 38.3 Å². The largest absolute Gasteiger partial charge is 0.505 e. The molecule has 2 N–H and O–H groups in total. The predicted molar refractivity (Wildman–Crippen MR) is 98.8 cm³/mol.